The zero-order valence-corrected chi connectivity index (χ0v) is 16.2. The number of aliphatic hydroxyl groups excluding tert-OH is 1. The van der Waals surface area contributed by atoms with Crippen LogP contribution in [-0.2, 0) is 11.5 Å². The standard InChI is InChI=1S/C8H11N5O3.C7H6O3.C3H4N2/c9-8-11-6-5(7(15)12-8)10-3-13(6)4-16-2-1-14;8-6-4-2-1-3-5(6)7(9)10;1-2-5-3-4-1/h3,14H,1-2,4H2,(H3,9,11,12,15);1-4,8H,(H,9,10);1-3H,(H,4,5). The van der Waals surface area contributed by atoms with Crippen LogP contribution in [0.3, 0.4) is 0 Å². The zero-order valence-electron chi connectivity index (χ0n) is 16.2. The number of ether oxygens (including phenoxy) is 1. The van der Waals surface area contributed by atoms with E-state index in [1.54, 1.807) is 30.9 Å². The molecule has 0 saturated heterocycles. The van der Waals surface area contributed by atoms with Crippen LogP contribution in [-0.4, -0.2) is 64.0 Å². The Balaban J connectivity index is 0.000000192. The number of benzene rings is 1. The summed E-state index contributed by atoms with van der Waals surface area (Å²) in [6.07, 6.45) is 6.52. The minimum atomic E-state index is -1.11. The lowest BCUT2D eigenvalue weighted by molar-refractivity contribution is 0.0499. The summed E-state index contributed by atoms with van der Waals surface area (Å²) in [5.41, 5.74) is 5.54. The highest BCUT2D eigenvalue weighted by Gasteiger charge is 2.08. The summed E-state index contributed by atoms with van der Waals surface area (Å²) in [5, 5.41) is 25.9. The molecule has 1 aromatic carbocycles. The second kappa shape index (κ2) is 11.7. The number of aromatic amines is 2. The SMILES string of the molecule is Nc1nc2c(ncn2COCCO)c(=O)[nH]1.O=C(O)c1ccccc1O.c1c[nH]cn1. The number of aliphatic hydroxyl groups is 1. The number of fused-ring (bicyclic) bond motifs is 1. The number of nitrogens with one attached hydrogen (secondary N) is 2. The molecule has 0 aliphatic heterocycles. The summed E-state index contributed by atoms with van der Waals surface area (Å²) in [6, 6.07) is 5.81. The van der Waals surface area contributed by atoms with E-state index in [2.05, 4.69) is 24.9 Å². The maximum atomic E-state index is 11.4. The number of imidazole rings is 2. The highest BCUT2D eigenvalue weighted by Crippen LogP contribution is 2.14. The number of aromatic hydroxyl groups is 1. The molecule has 0 atom stereocenters. The lowest BCUT2D eigenvalue weighted by atomic mass is 10.2. The first-order valence-corrected chi connectivity index (χ1v) is 8.77. The quantitative estimate of drug-likeness (QED) is 0.236. The first-order chi connectivity index (χ1) is 14.9. The molecule has 4 rings (SSSR count). The largest absolute Gasteiger partial charge is 0.507 e. The van der Waals surface area contributed by atoms with E-state index in [-0.39, 0.29) is 48.3 Å². The fraction of sp³-hybridized carbons (Fsp3) is 0.167. The Kier molecular flexibility index (Phi) is 8.70. The maximum absolute atomic E-state index is 11.4. The molecule has 31 heavy (non-hydrogen) atoms. The molecule has 0 fully saturated rings. The van der Waals surface area contributed by atoms with Gasteiger partial charge in [0.2, 0.25) is 5.95 Å². The van der Waals surface area contributed by atoms with Crippen LogP contribution in [0.15, 0.2) is 54.1 Å². The molecule has 7 N–H and O–H groups in total. The molecule has 0 saturated carbocycles. The fourth-order valence-corrected chi connectivity index (χ4v) is 2.16. The van der Waals surface area contributed by atoms with Gasteiger partial charge in [-0.05, 0) is 12.1 Å². The van der Waals surface area contributed by atoms with Gasteiger partial charge in [-0.1, -0.05) is 12.1 Å². The first-order valence-electron chi connectivity index (χ1n) is 8.77. The number of nitrogens with two attached hydrogens (primary N) is 1. The molecule has 4 aromatic rings. The minimum absolute atomic E-state index is 0.0291. The van der Waals surface area contributed by atoms with Crippen molar-refractivity contribution >= 4 is 23.1 Å². The van der Waals surface area contributed by atoms with Crippen LogP contribution < -0.4 is 11.3 Å². The smallest absolute Gasteiger partial charge is 0.339 e. The Bertz CT molecular complexity index is 1120. The summed E-state index contributed by atoms with van der Waals surface area (Å²) in [4.78, 5) is 38.3. The third kappa shape index (κ3) is 6.95. The first kappa shape index (κ1) is 23.1. The van der Waals surface area contributed by atoms with E-state index < -0.39 is 5.97 Å². The van der Waals surface area contributed by atoms with Gasteiger partial charge in [-0.3, -0.25) is 14.3 Å². The zero-order chi connectivity index (χ0) is 22.6. The molecule has 13 nitrogen and oxygen atoms in total. The Morgan fingerprint density at radius 2 is 2.06 bits per heavy atom. The Morgan fingerprint density at radius 1 is 1.29 bits per heavy atom. The molecule has 0 unspecified atom stereocenters. The minimum Gasteiger partial charge on any atom is -0.507 e. The van der Waals surface area contributed by atoms with Crippen molar-refractivity contribution in [2.45, 2.75) is 6.73 Å². The van der Waals surface area contributed by atoms with Crippen molar-refractivity contribution in [1.29, 1.82) is 0 Å². The van der Waals surface area contributed by atoms with Crippen molar-refractivity contribution in [2.24, 2.45) is 0 Å². The molecule has 0 aliphatic rings. The number of para-hydroxylation sites is 1. The molecule has 0 spiro atoms. The monoisotopic (exact) mass is 431 g/mol. The van der Waals surface area contributed by atoms with Crippen LogP contribution in [0, 0.1) is 0 Å². The number of nitrogen functional groups attached to an aromatic ring is 1. The maximum Gasteiger partial charge on any atom is 0.339 e. The van der Waals surface area contributed by atoms with Gasteiger partial charge in [0.25, 0.3) is 5.56 Å². The number of carboxylic acids is 1. The van der Waals surface area contributed by atoms with E-state index >= 15 is 0 Å². The van der Waals surface area contributed by atoms with Gasteiger partial charge in [-0.25, -0.2) is 14.8 Å². The van der Waals surface area contributed by atoms with E-state index in [1.165, 1.54) is 23.0 Å². The summed E-state index contributed by atoms with van der Waals surface area (Å²) in [5.74, 6) is -1.28. The Morgan fingerprint density at radius 3 is 2.61 bits per heavy atom. The highest BCUT2D eigenvalue weighted by atomic mass is 16.5. The van der Waals surface area contributed by atoms with E-state index in [4.69, 9.17) is 25.8 Å². The third-order valence-corrected chi connectivity index (χ3v) is 3.50. The third-order valence-electron chi connectivity index (χ3n) is 3.50. The van der Waals surface area contributed by atoms with Crippen LogP contribution in [0.5, 0.6) is 5.75 Å². The van der Waals surface area contributed by atoms with Crippen molar-refractivity contribution in [3.63, 3.8) is 0 Å². The Labute approximate surface area is 174 Å². The van der Waals surface area contributed by atoms with Crippen LogP contribution in [0.2, 0.25) is 0 Å². The normalized spacial score (nSPS) is 9.97. The number of aromatic carboxylic acids is 1. The number of anilines is 1. The van der Waals surface area contributed by atoms with Gasteiger partial charge in [0.05, 0.1) is 25.9 Å². The van der Waals surface area contributed by atoms with Crippen LogP contribution in [0.25, 0.3) is 11.2 Å². The number of H-pyrrole nitrogens is 2. The predicted octanol–water partition coefficient (Wildman–Crippen LogP) is 0.168. The lowest BCUT2D eigenvalue weighted by Crippen LogP contribution is -2.13. The lowest BCUT2D eigenvalue weighted by Gasteiger charge is -2.03. The molecule has 13 heteroatoms. The van der Waals surface area contributed by atoms with Gasteiger partial charge in [-0.2, -0.15) is 4.98 Å². The van der Waals surface area contributed by atoms with E-state index in [0.717, 1.165) is 0 Å². The molecule has 3 heterocycles. The summed E-state index contributed by atoms with van der Waals surface area (Å²) < 4.78 is 6.63. The predicted molar refractivity (Wildman–Crippen MR) is 109 cm³/mol. The van der Waals surface area contributed by atoms with Crippen molar-refractivity contribution < 1.29 is 24.9 Å². The van der Waals surface area contributed by atoms with Crippen LogP contribution in [0.4, 0.5) is 5.95 Å². The van der Waals surface area contributed by atoms with Gasteiger partial charge < -0.3 is 30.8 Å². The molecule has 0 bridgehead atoms. The average Bonchev–Trinajstić information content (AvgIpc) is 3.43. The Hall–Kier alpha value is -4.23. The van der Waals surface area contributed by atoms with Gasteiger partial charge in [-0.15, -0.1) is 0 Å². The number of hydrogen-bond donors (Lipinski definition) is 6. The number of carbonyl (C=O) groups is 1. The molecule has 3 aromatic heterocycles. The molecular weight excluding hydrogens is 410 g/mol. The second-order valence-electron chi connectivity index (χ2n) is 5.68. The molecule has 164 valence electrons. The van der Waals surface area contributed by atoms with Crippen molar-refractivity contribution in [2.75, 3.05) is 18.9 Å². The van der Waals surface area contributed by atoms with Crippen molar-refractivity contribution in [3.8, 4) is 5.75 Å². The number of nitrogens with zero attached hydrogens (tertiary/aromatic N) is 4. The summed E-state index contributed by atoms with van der Waals surface area (Å²) >= 11 is 0. The summed E-state index contributed by atoms with van der Waals surface area (Å²) in [6.45, 7) is 0.300. The van der Waals surface area contributed by atoms with E-state index in [0.29, 0.717) is 5.65 Å². The highest BCUT2D eigenvalue weighted by molar-refractivity contribution is 5.90. The average molecular weight is 431 g/mol. The van der Waals surface area contributed by atoms with Crippen LogP contribution in [0.1, 0.15) is 10.4 Å². The van der Waals surface area contributed by atoms with Crippen LogP contribution >= 0.6 is 0 Å². The molecular formula is C18H21N7O6. The van der Waals surface area contributed by atoms with Crippen molar-refractivity contribution in [1.82, 2.24) is 29.5 Å². The van der Waals surface area contributed by atoms with E-state index in [1.807, 2.05) is 0 Å². The summed E-state index contributed by atoms with van der Waals surface area (Å²) in [7, 11) is 0. The van der Waals surface area contributed by atoms with Gasteiger partial charge in [0, 0.05) is 12.4 Å². The van der Waals surface area contributed by atoms with Gasteiger partial charge in [0.1, 0.15) is 18.0 Å². The number of aromatic nitrogens is 6. The number of rotatable bonds is 5. The molecule has 0 aliphatic carbocycles. The van der Waals surface area contributed by atoms with E-state index in [9.17, 15) is 9.59 Å². The number of carboxylic acid groups (broad SMARTS) is 1. The van der Waals surface area contributed by atoms with Crippen molar-refractivity contribution in [3.05, 3.63) is 65.2 Å². The second-order valence-corrected chi connectivity index (χ2v) is 5.68. The molecule has 0 radical (unpaired) electrons. The van der Waals surface area contributed by atoms with Gasteiger partial charge >= 0.3 is 5.97 Å². The fourth-order valence-electron chi connectivity index (χ4n) is 2.16. The van der Waals surface area contributed by atoms with Gasteiger partial charge in [0.15, 0.2) is 11.2 Å². The molecule has 0 amide bonds. The number of hydrogen-bond acceptors (Lipinski definition) is 9. The topological polar surface area (TPSA) is 205 Å². The number of phenols is 1.